The van der Waals surface area contributed by atoms with E-state index < -0.39 is 0 Å². The molecule has 6 heteroatoms. The van der Waals surface area contributed by atoms with Gasteiger partial charge in [-0.15, -0.1) is 0 Å². The third-order valence-corrected chi connectivity index (χ3v) is 6.11. The minimum absolute atomic E-state index is 0.192. The van der Waals surface area contributed by atoms with E-state index in [9.17, 15) is 4.79 Å². The molecule has 1 aliphatic heterocycles. The van der Waals surface area contributed by atoms with Gasteiger partial charge in [0.2, 0.25) is 0 Å². The molecule has 170 valence electrons. The van der Waals surface area contributed by atoms with Gasteiger partial charge in [0.1, 0.15) is 5.75 Å². The number of piperazine rings is 1. The van der Waals surface area contributed by atoms with Gasteiger partial charge in [0.25, 0.3) is 5.91 Å². The SMILES string of the molecule is O=C(NC(=S)N1CCN(Cc2ccccc2)CC1)c1ccc(OCCc2ccccc2)cc1. The van der Waals surface area contributed by atoms with Crippen molar-refractivity contribution in [1.29, 1.82) is 0 Å². The Kier molecular flexibility index (Phi) is 8.06. The Morgan fingerprint density at radius 3 is 2.06 bits per heavy atom. The highest BCUT2D eigenvalue weighted by Gasteiger charge is 2.20. The van der Waals surface area contributed by atoms with E-state index in [0.29, 0.717) is 17.3 Å². The Morgan fingerprint density at radius 1 is 0.818 bits per heavy atom. The molecule has 1 aliphatic rings. The Hall–Kier alpha value is -3.22. The van der Waals surface area contributed by atoms with Gasteiger partial charge in [-0.05, 0) is 47.6 Å². The van der Waals surface area contributed by atoms with Crippen molar-refractivity contribution in [1.82, 2.24) is 15.1 Å². The lowest BCUT2D eigenvalue weighted by molar-refractivity contribution is 0.0969. The second kappa shape index (κ2) is 11.6. The van der Waals surface area contributed by atoms with Crippen LogP contribution in [-0.2, 0) is 13.0 Å². The number of hydrogen-bond acceptors (Lipinski definition) is 4. The Labute approximate surface area is 201 Å². The van der Waals surface area contributed by atoms with Gasteiger partial charge in [-0.1, -0.05) is 60.7 Å². The summed E-state index contributed by atoms with van der Waals surface area (Å²) in [5, 5.41) is 3.36. The molecule has 1 fully saturated rings. The van der Waals surface area contributed by atoms with E-state index in [1.54, 1.807) is 12.1 Å². The van der Waals surface area contributed by atoms with Gasteiger partial charge in [-0.2, -0.15) is 0 Å². The van der Waals surface area contributed by atoms with Crippen LogP contribution in [0.1, 0.15) is 21.5 Å². The van der Waals surface area contributed by atoms with Crippen molar-refractivity contribution in [3.63, 3.8) is 0 Å². The lowest BCUT2D eigenvalue weighted by atomic mass is 10.2. The summed E-state index contributed by atoms with van der Waals surface area (Å²) in [6, 6.07) is 27.9. The predicted molar refractivity (Wildman–Crippen MR) is 135 cm³/mol. The fourth-order valence-corrected chi connectivity index (χ4v) is 4.11. The second-order valence-corrected chi connectivity index (χ2v) is 8.50. The molecule has 0 bridgehead atoms. The van der Waals surface area contributed by atoms with Gasteiger partial charge in [0.05, 0.1) is 6.61 Å². The van der Waals surface area contributed by atoms with Crippen molar-refractivity contribution in [2.45, 2.75) is 13.0 Å². The first-order valence-corrected chi connectivity index (χ1v) is 11.7. The molecular formula is C27H29N3O2S. The highest BCUT2D eigenvalue weighted by atomic mass is 32.1. The van der Waals surface area contributed by atoms with E-state index in [1.165, 1.54) is 11.1 Å². The molecule has 0 saturated carbocycles. The quantitative estimate of drug-likeness (QED) is 0.538. The highest BCUT2D eigenvalue weighted by molar-refractivity contribution is 7.80. The van der Waals surface area contributed by atoms with E-state index in [-0.39, 0.29) is 5.91 Å². The molecule has 1 amide bonds. The number of nitrogens with zero attached hydrogens (tertiary/aromatic N) is 2. The van der Waals surface area contributed by atoms with Crippen LogP contribution >= 0.6 is 12.2 Å². The van der Waals surface area contributed by atoms with Crippen LogP contribution in [0, 0.1) is 0 Å². The lowest BCUT2D eigenvalue weighted by Crippen LogP contribution is -2.52. The van der Waals surface area contributed by atoms with Crippen molar-refractivity contribution in [2.24, 2.45) is 0 Å². The summed E-state index contributed by atoms with van der Waals surface area (Å²) >= 11 is 5.50. The maximum absolute atomic E-state index is 12.6. The Bertz CT molecular complexity index is 1030. The van der Waals surface area contributed by atoms with Gasteiger partial charge >= 0.3 is 0 Å². The monoisotopic (exact) mass is 459 g/mol. The first-order chi connectivity index (χ1) is 16.2. The standard InChI is InChI=1S/C27H29N3O2S/c31-26(24-11-13-25(14-12-24)32-20-15-22-7-3-1-4-8-22)28-27(33)30-18-16-29(17-19-30)21-23-9-5-2-6-10-23/h1-14H,15-21H2,(H,28,31,33). The summed E-state index contributed by atoms with van der Waals surface area (Å²) in [7, 11) is 0. The zero-order chi connectivity index (χ0) is 22.9. The first kappa shape index (κ1) is 23.0. The van der Waals surface area contributed by atoms with Gasteiger partial charge in [0.15, 0.2) is 5.11 Å². The summed E-state index contributed by atoms with van der Waals surface area (Å²) in [5.74, 6) is 0.558. The van der Waals surface area contributed by atoms with Gasteiger partial charge in [-0.25, -0.2) is 0 Å². The number of hydrogen-bond donors (Lipinski definition) is 1. The van der Waals surface area contributed by atoms with Crippen LogP contribution in [0.25, 0.3) is 0 Å². The zero-order valence-corrected chi connectivity index (χ0v) is 19.5. The number of thiocarbonyl (C=S) groups is 1. The maximum Gasteiger partial charge on any atom is 0.257 e. The molecule has 5 nitrogen and oxygen atoms in total. The molecule has 3 aromatic carbocycles. The van der Waals surface area contributed by atoms with E-state index in [4.69, 9.17) is 17.0 Å². The van der Waals surface area contributed by atoms with Gasteiger partial charge in [-0.3, -0.25) is 15.0 Å². The van der Waals surface area contributed by atoms with Crippen LogP contribution in [0.15, 0.2) is 84.9 Å². The molecule has 1 N–H and O–H groups in total. The highest BCUT2D eigenvalue weighted by Crippen LogP contribution is 2.14. The average molecular weight is 460 g/mol. The van der Waals surface area contributed by atoms with Crippen molar-refractivity contribution >= 4 is 23.2 Å². The summed E-state index contributed by atoms with van der Waals surface area (Å²) in [4.78, 5) is 17.1. The predicted octanol–water partition coefficient (Wildman–Crippen LogP) is 4.14. The smallest absolute Gasteiger partial charge is 0.257 e. The van der Waals surface area contributed by atoms with Crippen LogP contribution in [0.2, 0.25) is 0 Å². The van der Waals surface area contributed by atoms with E-state index in [2.05, 4.69) is 51.5 Å². The minimum Gasteiger partial charge on any atom is -0.493 e. The number of ether oxygens (including phenoxy) is 1. The first-order valence-electron chi connectivity index (χ1n) is 11.3. The number of nitrogens with one attached hydrogen (secondary N) is 1. The van der Waals surface area contributed by atoms with Crippen molar-refractivity contribution < 1.29 is 9.53 Å². The molecular weight excluding hydrogens is 430 g/mol. The van der Waals surface area contributed by atoms with Crippen LogP contribution < -0.4 is 10.1 Å². The molecule has 0 radical (unpaired) electrons. The Balaban J connectivity index is 1.20. The number of rotatable bonds is 7. The molecule has 0 aromatic heterocycles. The summed E-state index contributed by atoms with van der Waals surface area (Å²) < 4.78 is 5.80. The van der Waals surface area contributed by atoms with Gasteiger partial charge < -0.3 is 9.64 Å². The van der Waals surface area contributed by atoms with Crippen molar-refractivity contribution in [2.75, 3.05) is 32.8 Å². The number of amides is 1. The fourth-order valence-electron chi connectivity index (χ4n) is 3.83. The number of carbonyl (C=O) groups excluding carboxylic acids is 1. The van der Waals surface area contributed by atoms with Crippen molar-refractivity contribution in [3.8, 4) is 5.75 Å². The molecule has 0 unspecified atom stereocenters. The maximum atomic E-state index is 12.6. The zero-order valence-electron chi connectivity index (χ0n) is 18.7. The van der Waals surface area contributed by atoms with E-state index in [1.807, 2.05) is 36.4 Å². The summed E-state index contributed by atoms with van der Waals surface area (Å²) in [6.45, 7) is 4.98. The second-order valence-electron chi connectivity index (χ2n) is 8.12. The average Bonchev–Trinajstić information content (AvgIpc) is 2.86. The summed E-state index contributed by atoms with van der Waals surface area (Å²) in [5.41, 5.74) is 3.12. The molecule has 4 rings (SSSR count). The largest absolute Gasteiger partial charge is 0.493 e. The Morgan fingerprint density at radius 2 is 1.42 bits per heavy atom. The number of carbonyl (C=O) groups is 1. The fraction of sp³-hybridized carbons (Fsp3) is 0.259. The third kappa shape index (κ3) is 6.88. The topological polar surface area (TPSA) is 44.8 Å². The number of benzene rings is 3. The van der Waals surface area contributed by atoms with Crippen LogP contribution in [0.4, 0.5) is 0 Å². The van der Waals surface area contributed by atoms with Crippen LogP contribution in [0.5, 0.6) is 5.75 Å². The van der Waals surface area contributed by atoms with E-state index in [0.717, 1.165) is 44.9 Å². The van der Waals surface area contributed by atoms with Crippen LogP contribution in [0.3, 0.4) is 0 Å². The molecule has 0 atom stereocenters. The molecule has 0 aliphatic carbocycles. The van der Waals surface area contributed by atoms with Crippen molar-refractivity contribution in [3.05, 3.63) is 102 Å². The van der Waals surface area contributed by atoms with E-state index >= 15 is 0 Å². The summed E-state index contributed by atoms with van der Waals surface area (Å²) in [6.07, 6.45) is 0.843. The lowest BCUT2D eigenvalue weighted by Gasteiger charge is -2.36. The molecule has 3 aromatic rings. The third-order valence-electron chi connectivity index (χ3n) is 5.75. The van der Waals surface area contributed by atoms with Gasteiger partial charge in [0, 0.05) is 44.7 Å². The molecule has 33 heavy (non-hydrogen) atoms. The molecule has 1 saturated heterocycles. The van der Waals surface area contributed by atoms with Crippen LogP contribution in [-0.4, -0.2) is 53.6 Å². The normalized spacial score (nSPS) is 14.0. The molecule has 1 heterocycles. The minimum atomic E-state index is -0.192. The molecule has 0 spiro atoms.